The third kappa shape index (κ3) is 6.99. The number of hydrogen-bond acceptors (Lipinski definition) is 5. The number of methoxy groups -OCH3 is 2. The molecule has 176 valence electrons. The van der Waals surface area contributed by atoms with E-state index >= 15 is 0 Å². The topological polar surface area (TPSA) is 83.6 Å². The van der Waals surface area contributed by atoms with E-state index in [-0.39, 0.29) is 24.0 Å². The van der Waals surface area contributed by atoms with E-state index in [1.54, 1.807) is 25.6 Å². The first-order valence-corrected chi connectivity index (χ1v) is 11.6. The number of thiazole rings is 1. The van der Waals surface area contributed by atoms with Crippen LogP contribution in [0, 0.1) is 0 Å². The van der Waals surface area contributed by atoms with Gasteiger partial charge in [-0.2, -0.15) is 0 Å². The molecule has 7 nitrogen and oxygen atoms in total. The average Bonchev–Trinajstić information content (AvgIpc) is 3.41. The second-order valence-corrected chi connectivity index (χ2v) is 8.57. The Kier molecular flexibility index (Phi) is 10.6. The number of nitrogens with one attached hydrogen (secondary N) is 3. The van der Waals surface area contributed by atoms with Gasteiger partial charge in [-0.1, -0.05) is 13.8 Å². The zero-order chi connectivity index (χ0) is 22.2. The summed E-state index contributed by atoms with van der Waals surface area (Å²) < 4.78 is 10.9. The predicted molar refractivity (Wildman–Crippen MR) is 144 cm³/mol. The molecule has 0 saturated heterocycles. The summed E-state index contributed by atoms with van der Waals surface area (Å²) in [6, 6.07) is 6.06. The van der Waals surface area contributed by atoms with Gasteiger partial charge in [0.1, 0.15) is 16.5 Å². The monoisotopic (exact) mass is 571 g/mol. The molecule has 1 aromatic carbocycles. The fraction of sp³-hybridized carbons (Fsp3) is 0.478. The normalized spacial score (nSPS) is 11.5. The van der Waals surface area contributed by atoms with Gasteiger partial charge < -0.3 is 25.1 Å². The van der Waals surface area contributed by atoms with Gasteiger partial charge in [-0.3, -0.25) is 0 Å². The molecule has 0 unspecified atom stereocenters. The van der Waals surface area contributed by atoms with Crippen LogP contribution in [-0.4, -0.2) is 43.2 Å². The summed E-state index contributed by atoms with van der Waals surface area (Å²) in [5.74, 6) is 2.88. The number of ether oxygens (including phenoxy) is 2. The Morgan fingerprint density at radius 3 is 2.66 bits per heavy atom. The van der Waals surface area contributed by atoms with E-state index < -0.39 is 0 Å². The van der Waals surface area contributed by atoms with Crippen molar-refractivity contribution in [2.75, 3.05) is 27.3 Å². The van der Waals surface area contributed by atoms with Crippen molar-refractivity contribution < 1.29 is 9.47 Å². The minimum absolute atomic E-state index is 0. The Morgan fingerprint density at radius 1 is 1.19 bits per heavy atom. The standard InChI is InChI=1S/C23H33N5O2S.HI/c1-6-24-23(26-13-22-28-20(14-31-22)15(2)3)25-9-7-8-16-10-18-19(27-16)11-17(29-4)12-21(18)30-5;/h10-12,14-15,27H,6-9,13H2,1-5H3,(H2,24,25,26);1H. The Labute approximate surface area is 211 Å². The fourth-order valence-electron chi connectivity index (χ4n) is 3.30. The molecule has 32 heavy (non-hydrogen) atoms. The molecular formula is C23H34IN5O2S. The quantitative estimate of drug-likeness (QED) is 0.137. The number of hydrogen-bond donors (Lipinski definition) is 3. The van der Waals surface area contributed by atoms with Crippen LogP contribution >= 0.6 is 35.3 Å². The highest BCUT2D eigenvalue weighted by molar-refractivity contribution is 14.0. The van der Waals surface area contributed by atoms with Gasteiger partial charge in [-0.25, -0.2) is 9.98 Å². The Morgan fingerprint density at radius 2 is 2.00 bits per heavy atom. The van der Waals surface area contributed by atoms with Crippen molar-refractivity contribution in [1.29, 1.82) is 0 Å². The van der Waals surface area contributed by atoms with Crippen molar-refractivity contribution in [2.24, 2.45) is 4.99 Å². The zero-order valence-electron chi connectivity index (χ0n) is 19.4. The zero-order valence-corrected chi connectivity index (χ0v) is 22.6. The van der Waals surface area contributed by atoms with E-state index in [2.05, 4.69) is 57.8 Å². The number of aliphatic imine (C=N–C) groups is 1. The first kappa shape index (κ1) is 26.2. The molecule has 0 radical (unpaired) electrons. The van der Waals surface area contributed by atoms with Gasteiger partial charge in [0, 0.05) is 41.7 Å². The lowest BCUT2D eigenvalue weighted by Crippen LogP contribution is -2.37. The maximum absolute atomic E-state index is 5.50. The molecule has 2 aromatic heterocycles. The molecule has 0 bridgehead atoms. The Hall–Kier alpha value is -2.01. The number of benzene rings is 1. The second kappa shape index (κ2) is 12.9. The van der Waals surface area contributed by atoms with Crippen molar-refractivity contribution >= 4 is 52.2 Å². The van der Waals surface area contributed by atoms with Crippen molar-refractivity contribution in [3.63, 3.8) is 0 Å². The lowest BCUT2D eigenvalue weighted by Gasteiger charge is -2.10. The molecule has 3 rings (SSSR count). The Bertz CT molecular complexity index is 1020. The summed E-state index contributed by atoms with van der Waals surface area (Å²) in [7, 11) is 3.35. The molecule has 0 saturated carbocycles. The number of aromatic nitrogens is 2. The molecule has 0 aliphatic carbocycles. The minimum Gasteiger partial charge on any atom is -0.497 e. The van der Waals surface area contributed by atoms with Gasteiger partial charge in [-0.15, -0.1) is 35.3 Å². The lowest BCUT2D eigenvalue weighted by molar-refractivity contribution is 0.398. The maximum Gasteiger partial charge on any atom is 0.191 e. The van der Waals surface area contributed by atoms with Crippen LogP contribution in [0.2, 0.25) is 0 Å². The summed E-state index contributed by atoms with van der Waals surface area (Å²) in [6.07, 6.45) is 1.90. The van der Waals surface area contributed by atoms with Gasteiger partial charge in [0.2, 0.25) is 0 Å². The summed E-state index contributed by atoms with van der Waals surface area (Å²) in [5.41, 5.74) is 3.34. The average molecular weight is 572 g/mol. The largest absolute Gasteiger partial charge is 0.497 e. The van der Waals surface area contributed by atoms with Crippen molar-refractivity contribution in [2.45, 2.75) is 46.1 Å². The molecule has 3 N–H and O–H groups in total. The molecule has 0 aliphatic heterocycles. The van der Waals surface area contributed by atoms with E-state index in [1.807, 2.05) is 12.1 Å². The number of rotatable bonds is 10. The van der Waals surface area contributed by atoms with Gasteiger partial charge in [0.25, 0.3) is 0 Å². The highest BCUT2D eigenvalue weighted by Crippen LogP contribution is 2.31. The number of H-pyrrole nitrogens is 1. The van der Waals surface area contributed by atoms with E-state index in [9.17, 15) is 0 Å². The molecule has 0 aliphatic rings. The summed E-state index contributed by atoms with van der Waals surface area (Å²) in [4.78, 5) is 12.8. The SMILES string of the molecule is CCNC(=NCc1nc(C(C)C)cs1)NCCCc1cc2c(OC)cc(OC)cc2[nH]1.I. The van der Waals surface area contributed by atoms with E-state index in [1.165, 1.54) is 5.69 Å². The van der Waals surface area contributed by atoms with E-state index in [0.29, 0.717) is 12.5 Å². The fourth-order valence-corrected chi connectivity index (χ4v) is 4.17. The van der Waals surface area contributed by atoms with Crippen LogP contribution in [0.4, 0.5) is 0 Å². The molecular weight excluding hydrogens is 537 g/mol. The summed E-state index contributed by atoms with van der Waals surface area (Å²) >= 11 is 1.67. The number of guanidine groups is 1. The molecule has 3 aromatic rings. The van der Waals surface area contributed by atoms with Gasteiger partial charge in [-0.05, 0) is 31.7 Å². The van der Waals surface area contributed by atoms with Gasteiger partial charge in [0.15, 0.2) is 5.96 Å². The minimum atomic E-state index is 0. The summed E-state index contributed by atoms with van der Waals surface area (Å²) in [6.45, 7) is 8.64. The molecule has 9 heteroatoms. The van der Waals surface area contributed by atoms with Crippen LogP contribution in [0.3, 0.4) is 0 Å². The first-order valence-electron chi connectivity index (χ1n) is 10.7. The van der Waals surface area contributed by atoms with E-state index in [0.717, 1.165) is 65.0 Å². The summed E-state index contributed by atoms with van der Waals surface area (Å²) in [5, 5.41) is 11.0. The van der Waals surface area contributed by atoms with Gasteiger partial charge >= 0.3 is 0 Å². The van der Waals surface area contributed by atoms with Crippen LogP contribution in [0.1, 0.15) is 49.5 Å². The molecule has 0 spiro atoms. The van der Waals surface area contributed by atoms with Crippen molar-refractivity contribution in [3.05, 3.63) is 40.0 Å². The highest BCUT2D eigenvalue weighted by atomic mass is 127. The molecule has 2 heterocycles. The third-order valence-corrected chi connectivity index (χ3v) is 5.83. The predicted octanol–water partition coefficient (Wildman–Crippen LogP) is 5.07. The van der Waals surface area contributed by atoms with Crippen molar-refractivity contribution in [1.82, 2.24) is 20.6 Å². The number of nitrogens with zero attached hydrogens (tertiary/aromatic N) is 2. The van der Waals surface area contributed by atoms with Crippen LogP contribution in [0.5, 0.6) is 11.5 Å². The third-order valence-electron chi connectivity index (χ3n) is 4.98. The van der Waals surface area contributed by atoms with Crippen molar-refractivity contribution in [3.8, 4) is 11.5 Å². The van der Waals surface area contributed by atoms with E-state index in [4.69, 9.17) is 9.47 Å². The number of aromatic amines is 1. The smallest absolute Gasteiger partial charge is 0.191 e. The molecule has 0 atom stereocenters. The highest BCUT2D eigenvalue weighted by Gasteiger charge is 2.09. The maximum atomic E-state index is 5.50. The van der Waals surface area contributed by atoms with Crippen LogP contribution in [-0.2, 0) is 13.0 Å². The number of halogens is 1. The van der Waals surface area contributed by atoms with Gasteiger partial charge in [0.05, 0.1) is 32.0 Å². The van der Waals surface area contributed by atoms with Crippen LogP contribution in [0.15, 0.2) is 28.6 Å². The van der Waals surface area contributed by atoms with Crippen LogP contribution < -0.4 is 20.1 Å². The molecule has 0 fully saturated rings. The number of aryl methyl sites for hydroxylation is 1. The Balaban J connectivity index is 0.00000363. The first-order chi connectivity index (χ1) is 15.0. The number of fused-ring (bicyclic) bond motifs is 1. The lowest BCUT2D eigenvalue weighted by atomic mass is 10.2. The second-order valence-electron chi connectivity index (χ2n) is 7.63. The molecule has 0 amide bonds. The van der Waals surface area contributed by atoms with Crippen LogP contribution in [0.25, 0.3) is 10.9 Å².